The van der Waals surface area contributed by atoms with E-state index in [0.29, 0.717) is 31.1 Å². The Morgan fingerprint density at radius 2 is 2.22 bits per heavy atom. The fraction of sp³-hybridized carbons (Fsp3) is 0.529. The van der Waals surface area contributed by atoms with E-state index in [-0.39, 0.29) is 18.0 Å². The Morgan fingerprint density at radius 1 is 1.39 bits per heavy atom. The molecule has 0 spiro atoms. The quantitative estimate of drug-likeness (QED) is 0.881. The molecule has 2 aliphatic heterocycles. The van der Waals surface area contributed by atoms with Crippen LogP contribution in [0.25, 0.3) is 0 Å². The molecule has 2 atom stereocenters. The lowest BCUT2D eigenvalue weighted by molar-refractivity contribution is 0.0785. The Hall–Kier alpha value is -2.08. The van der Waals surface area contributed by atoms with Crippen LogP contribution in [0.4, 0.5) is 10.5 Å². The van der Waals surface area contributed by atoms with Crippen molar-refractivity contribution in [2.24, 2.45) is 11.7 Å². The smallest absolute Gasteiger partial charge is 0.321 e. The minimum Gasteiger partial charge on any atom is -0.337 e. The molecule has 3 N–H and O–H groups in total. The molecule has 3 rings (SSSR count). The SMILES string of the molecule is CCCC1CN(C(=O)c2cccc(N3CCNC3=O)c2)CC1N. The zero-order valence-electron chi connectivity index (χ0n) is 13.5. The Labute approximate surface area is 136 Å². The Morgan fingerprint density at radius 3 is 2.91 bits per heavy atom. The highest BCUT2D eigenvalue weighted by Gasteiger charge is 2.33. The molecular weight excluding hydrogens is 292 g/mol. The van der Waals surface area contributed by atoms with Gasteiger partial charge in [0.25, 0.3) is 5.91 Å². The van der Waals surface area contributed by atoms with E-state index < -0.39 is 0 Å². The number of nitrogens with one attached hydrogen (secondary N) is 1. The molecular formula is C17H24N4O2. The summed E-state index contributed by atoms with van der Waals surface area (Å²) in [5.74, 6) is 0.386. The summed E-state index contributed by atoms with van der Waals surface area (Å²) in [6.07, 6.45) is 2.14. The molecule has 2 aliphatic rings. The number of urea groups is 1. The zero-order valence-corrected chi connectivity index (χ0v) is 13.5. The van der Waals surface area contributed by atoms with Crippen molar-refractivity contribution in [2.45, 2.75) is 25.8 Å². The fourth-order valence-corrected chi connectivity index (χ4v) is 3.45. The highest BCUT2D eigenvalue weighted by atomic mass is 16.2. The van der Waals surface area contributed by atoms with Crippen molar-refractivity contribution in [2.75, 3.05) is 31.1 Å². The highest BCUT2D eigenvalue weighted by Crippen LogP contribution is 2.24. The van der Waals surface area contributed by atoms with Crippen molar-refractivity contribution in [1.29, 1.82) is 0 Å². The van der Waals surface area contributed by atoms with Gasteiger partial charge in [0.1, 0.15) is 0 Å². The van der Waals surface area contributed by atoms with E-state index >= 15 is 0 Å². The third kappa shape index (κ3) is 3.17. The molecule has 6 nitrogen and oxygen atoms in total. The van der Waals surface area contributed by atoms with Crippen LogP contribution >= 0.6 is 0 Å². The average molecular weight is 316 g/mol. The lowest BCUT2D eigenvalue weighted by Crippen LogP contribution is -2.32. The minimum atomic E-state index is -0.110. The number of nitrogens with zero attached hydrogens (tertiary/aromatic N) is 2. The molecule has 0 aliphatic carbocycles. The normalized spacial score (nSPS) is 24.2. The van der Waals surface area contributed by atoms with Gasteiger partial charge in [-0.3, -0.25) is 9.69 Å². The van der Waals surface area contributed by atoms with E-state index in [1.54, 1.807) is 17.0 Å². The number of benzene rings is 1. The predicted molar refractivity (Wildman–Crippen MR) is 89.5 cm³/mol. The third-order valence-corrected chi connectivity index (χ3v) is 4.70. The van der Waals surface area contributed by atoms with Gasteiger partial charge in [-0.2, -0.15) is 0 Å². The minimum absolute atomic E-state index is 0.000471. The van der Waals surface area contributed by atoms with E-state index in [4.69, 9.17) is 5.73 Å². The van der Waals surface area contributed by atoms with Crippen LogP contribution in [-0.2, 0) is 0 Å². The van der Waals surface area contributed by atoms with Gasteiger partial charge in [-0.1, -0.05) is 19.4 Å². The summed E-state index contributed by atoms with van der Waals surface area (Å²) in [6.45, 7) is 4.74. The van der Waals surface area contributed by atoms with Crippen LogP contribution in [-0.4, -0.2) is 49.1 Å². The Balaban J connectivity index is 1.74. The number of amides is 3. The lowest BCUT2D eigenvalue weighted by atomic mass is 9.99. The first-order valence-electron chi connectivity index (χ1n) is 8.30. The summed E-state index contributed by atoms with van der Waals surface area (Å²) in [4.78, 5) is 28.0. The van der Waals surface area contributed by atoms with Crippen LogP contribution in [0, 0.1) is 5.92 Å². The average Bonchev–Trinajstić information content (AvgIpc) is 3.14. The first-order valence-corrected chi connectivity index (χ1v) is 8.30. The van der Waals surface area contributed by atoms with Crippen LogP contribution in [0.1, 0.15) is 30.1 Å². The first-order chi connectivity index (χ1) is 11.1. The Bertz CT molecular complexity index is 604. The number of hydrogen-bond donors (Lipinski definition) is 2. The summed E-state index contributed by atoms with van der Waals surface area (Å²) < 4.78 is 0. The molecule has 1 aromatic rings. The largest absolute Gasteiger partial charge is 0.337 e. The second-order valence-corrected chi connectivity index (χ2v) is 6.36. The number of carbonyl (C=O) groups is 2. The molecule has 3 amide bonds. The maximum Gasteiger partial charge on any atom is 0.321 e. The Kier molecular flexibility index (Phi) is 4.52. The van der Waals surface area contributed by atoms with Gasteiger partial charge in [-0.25, -0.2) is 4.79 Å². The molecule has 2 saturated heterocycles. The van der Waals surface area contributed by atoms with Crippen LogP contribution in [0.15, 0.2) is 24.3 Å². The molecule has 2 unspecified atom stereocenters. The van der Waals surface area contributed by atoms with Crippen molar-refractivity contribution in [3.63, 3.8) is 0 Å². The third-order valence-electron chi connectivity index (χ3n) is 4.70. The number of hydrogen-bond acceptors (Lipinski definition) is 3. The highest BCUT2D eigenvalue weighted by molar-refractivity contribution is 5.98. The maximum atomic E-state index is 12.7. The molecule has 2 fully saturated rings. The molecule has 124 valence electrons. The van der Waals surface area contributed by atoms with Crippen molar-refractivity contribution in [3.8, 4) is 0 Å². The van der Waals surface area contributed by atoms with E-state index in [2.05, 4.69) is 12.2 Å². The van der Waals surface area contributed by atoms with Gasteiger partial charge in [-0.15, -0.1) is 0 Å². The van der Waals surface area contributed by atoms with Gasteiger partial charge in [0.2, 0.25) is 0 Å². The summed E-state index contributed by atoms with van der Waals surface area (Å²) >= 11 is 0. The summed E-state index contributed by atoms with van der Waals surface area (Å²) in [7, 11) is 0. The molecule has 0 radical (unpaired) electrons. The molecule has 0 aromatic heterocycles. The first kappa shape index (κ1) is 15.8. The molecule has 0 saturated carbocycles. The van der Waals surface area contributed by atoms with E-state index in [0.717, 1.165) is 25.1 Å². The second-order valence-electron chi connectivity index (χ2n) is 6.36. The van der Waals surface area contributed by atoms with Gasteiger partial charge < -0.3 is 16.0 Å². The van der Waals surface area contributed by atoms with Crippen LogP contribution in [0.2, 0.25) is 0 Å². The van der Waals surface area contributed by atoms with Gasteiger partial charge in [0.15, 0.2) is 0 Å². The monoisotopic (exact) mass is 316 g/mol. The van der Waals surface area contributed by atoms with Gasteiger partial charge in [0.05, 0.1) is 0 Å². The van der Waals surface area contributed by atoms with E-state index in [9.17, 15) is 9.59 Å². The van der Waals surface area contributed by atoms with E-state index in [1.807, 2.05) is 17.0 Å². The van der Waals surface area contributed by atoms with Crippen molar-refractivity contribution >= 4 is 17.6 Å². The predicted octanol–water partition coefficient (Wildman–Crippen LogP) is 1.42. The topological polar surface area (TPSA) is 78.7 Å². The van der Waals surface area contributed by atoms with Gasteiger partial charge >= 0.3 is 6.03 Å². The van der Waals surface area contributed by atoms with Crippen LogP contribution < -0.4 is 16.0 Å². The summed E-state index contributed by atoms with van der Waals surface area (Å²) in [5, 5.41) is 2.77. The summed E-state index contributed by atoms with van der Waals surface area (Å²) in [5.41, 5.74) is 7.54. The number of nitrogens with two attached hydrogens (primary N) is 1. The second kappa shape index (κ2) is 6.58. The molecule has 6 heteroatoms. The fourth-order valence-electron chi connectivity index (χ4n) is 3.45. The molecule has 0 bridgehead atoms. The van der Waals surface area contributed by atoms with Gasteiger partial charge in [0, 0.05) is 43.5 Å². The van der Waals surface area contributed by atoms with Crippen LogP contribution in [0.3, 0.4) is 0 Å². The molecule has 23 heavy (non-hydrogen) atoms. The number of rotatable bonds is 4. The molecule has 1 aromatic carbocycles. The standard InChI is InChI=1S/C17H24N4O2/c1-2-4-13-10-20(11-15(13)18)16(22)12-5-3-6-14(9-12)21-8-7-19-17(21)23/h3,5-6,9,13,15H,2,4,7-8,10-11,18H2,1H3,(H,19,23). The zero-order chi connectivity index (χ0) is 16.4. The lowest BCUT2D eigenvalue weighted by Gasteiger charge is -2.19. The summed E-state index contributed by atoms with van der Waals surface area (Å²) in [6, 6.07) is 7.24. The van der Waals surface area contributed by atoms with Gasteiger partial charge in [-0.05, 0) is 30.5 Å². The molecule has 2 heterocycles. The number of likely N-dealkylation sites (tertiary alicyclic amines) is 1. The van der Waals surface area contributed by atoms with Crippen molar-refractivity contribution in [3.05, 3.63) is 29.8 Å². The van der Waals surface area contributed by atoms with Crippen molar-refractivity contribution < 1.29 is 9.59 Å². The van der Waals surface area contributed by atoms with E-state index in [1.165, 1.54) is 0 Å². The number of anilines is 1. The maximum absolute atomic E-state index is 12.7. The van der Waals surface area contributed by atoms with Crippen molar-refractivity contribution in [1.82, 2.24) is 10.2 Å². The number of carbonyl (C=O) groups excluding carboxylic acids is 2. The van der Waals surface area contributed by atoms with Crippen LogP contribution in [0.5, 0.6) is 0 Å².